The van der Waals surface area contributed by atoms with Crippen LogP contribution < -0.4 is 5.32 Å². The van der Waals surface area contributed by atoms with Gasteiger partial charge in [-0.05, 0) is 85.8 Å². The Morgan fingerprint density at radius 2 is 2.03 bits per heavy atom. The first-order valence-electron chi connectivity index (χ1n) is 12.0. The van der Waals surface area contributed by atoms with E-state index in [-0.39, 0.29) is 10.8 Å². The largest absolute Gasteiger partial charge is 0.377 e. The Hall–Kier alpha value is -2.16. The van der Waals surface area contributed by atoms with Crippen molar-refractivity contribution >= 4 is 27.9 Å². The van der Waals surface area contributed by atoms with Crippen molar-refractivity contribution in [1.29, 1.82) is 0 Å². The predicted octanol–water partition coefficient (Wildman–Crippen LogP) is 5.83. The summed E-state index contributed by atoms with van der Waals surface area (Å²) in [6.45, 7) is 4.74. The lowest BCUT2D eigenvalue weighted by molar-refractivity contribution is -0.0887. The Morgan fingerprint density at radius 3 is 2.81 bits per heavy atom. The second-order valence-electron chi connectivity index (χ2n) is 10.8. The van der Waals surface area contributed by atoms with E-state index in [0.717, 1.165) is 49.5 Å². The molecule has 32 heavy (non-hydrogen) atoms. The molecule has 2 saturated carbocycles. The number of hydrogen-bond acceptors (Lipinski definition) is 5. The molecule has 4 aliphatic rings. The highest BCUT2D eigenvalue weighted by atomic mass is 32.1. The zero-order valence-corrected chi connectivity index (χ0v) is 19.7. The van der Waals surface area contributed by atoms with E-state index in [1.807, 2.05) is 18.2 Å². The number of anilines is 2. The molecule has 0 aliphatic heterocycles. The fraction of sp³-hybridized carbons (Fsp3) is 0.556. The van der Waals surface area contributed by atoms with Crippen LogP contribution in [0.25, 0.3) is 5.57 Å². The lowest BCUT2D eigenvalue weighted by atomic mass is 9.47. The van der Waals surface area contributed by atoms with Crippen LogP contribution in [-0.4, -0.2) is 20.7 Å². The molecule has 0 saturated heterocycles. The van der Waals surface area contributed by atoms with Crippen molar-refractivity contribution in [2.24, 2.45) is 28.6 Å². The lowest BCUT2D eigenvalue weighted by Gasteiger charge is -2.57. The summed E-state index contributed by atoms with van der Waals surface area (Å²) in [5.41, 5.74) is 1.74. The number of pyridine rings is 1. The maximum Gasteiger partial charge on any atom is 0.189 e. The third-order valence-electron chi connectivity index (χ3n) is 9.58. The Labute approximate surface area is 194 Å². The van der Waals surface area contributed by atoms with E-state index in [4.69, 9.17) is 11.4 Å². The summed E-state index contributed by atoms with van der Waals surface area (Å²) in [6.07, 6.45) is 17.5. The maximum absolute atomic E-state index is 11.2. The summed E-state index contributed by atoms with van der Waals surface area (Å²) in [5.74, 6) is 5.40. The molecule has 6 rings (SSSR count). The van der Waals surface area contributed by atoms with Gasteiger partial charge in [-0.2, -0.15) is 0 Å². The fourth-order valence-electron chi connectivity index (χ4n) is 7.74. The molecule has 0 unspecified atom stereocenters. The monoisotopic (exact) mass is 445 g/mol. The minimum atomic E-state index is -0.936. The van der Waals surface area contributed by atoms with Crippen LogP contribution in [0, 0.1) is 40.9 Å². The van der Waals surface area contributed by atoms with Gasteiger partial charge in [0.1, 0.15) is 11.4 Å². The molecule has 2 aromatic heterocycles. The van der Waals surface area contributed by atoms with Crippen LogP contribution in [0.5, 0.6) is 0 Å². The van der Waals surface area contributed by atoms with E-state index in [1.165, 1.54) is 22.6 Å². The first kappa shape index (κ1) is 20.4. The Bertz CT molecular complexity index is 1130. The highest BCUT2D eigenvalue weighted by Gasteiger charge is 2.63. The highest BCUT2D eigenvalue weighted by molar-refractivity contribution is 7.15. The summed E-state index contributed by atoms with van der Waals surface area (Å²) in [5, 5.41) is 15.6. The average molecular weight is 446 g/mol. The van der Waals surface area contributed by atoms with Gasteiger partial charge in [-0.25, -0.2) is 9.97 Å². The molecule has 0 spiro atoms. The molecule has 5 heteroatoms. The zero-order valence-electron chi connectivity index (χ0n) is 18.9. The number of hydrogen-bond donors (Lipinski definition) is 2. The van der Waals surface area contributed by atoms with Crippen molar-refractivity contribution in [3.8, 4) is 12.3 Å². The maximum atomic E-state index is 11.2. The minimum absolute atomic E-state index is 0.148. The van der Waals surface area contributed by atoms with Crippen LogP contribution in [-0.2, 0) is 6.42 Å². The van der Waals surface area contributed by atoms with E-state index >= 15 is 0 Å². The van der Waals surface area contributed by atoms with Crippen LogP contribution in [0.3, 0.4) is 0 Å². The SMILES string of the molecule is C#C[C@]1(O)CC[C@H]2[C@@H]3CC=C4c5nc(Nc6ccccn6)sc5CC[C@]4(C)[C@H]3CC[C@@]21C. The van der Waals surface area contributed by atoms with Crippen LogP contribution in [0.1, 0.15) is 62.9 Å². The van der Waals surface area contributed by atoms with Crippen LogP contribution in [0.2, 0.25) is 0 Å². The standard InChI is InChI=1S/C27H31N3OS/c1-4-27(31)15-11-19-17-8-9-20-23-21(32-24(30-23)29-22-7-5-6-16-28-22)12-13-25(20,2)18(17)10-14-26(19,27)3/h1,5-7,9,16-19,31H,8,10-15H2,2-3H3,(H,28,29,30)/t17-,18+,19+,25-,26+,27+/m1/s1. The Kier molecular flexibility index (Phi) is 4.42. The molecular formula is C27H31N3OS. The number of aromatic nitrogens is 2. The van der Waals surface area contributed by atoms with Crippen LogP contribution >= 0.6 is 11.3 Å². The summed E-state index contributed by atoms with van der Waals surface area (Å²) >= 11 is 1.77. The zero-order chi connectivity index (χ0) is 22.1. The fourth-order valence-corrected chi connectivity index (χ4v) is 8.72. The predicted molar refractivity (Wildman–Crippen MR) is 129 cm³/mol. The van der Waals surface area contributed by atoms with Gasteiger partial charge in [0.05, 0.1) is 5.69 Å². The van der Waals surface area contributed by atoms with Crippen molar-refractivity contribution in [1.82, 2.24) is 9.97 Å². The topological polar surface area (TPSA) is 58.0 Å². The number of nitrogens with one attached hydrogen (secondary N) is 1. The lowest BCUT2D eigenvalue weighted by Crippen LogP contribution is -2.53. The summed E-state index contributed by atoms with van der Waals surface area (Å²) in [6, 6.07) is 5.90. The van der Waals surface area contributed by atoms with E-state index < -0.39 is 5.60 Å². The molecule has 4 nitrogen and oxygen atoms in total. The molecule has 6 atom stereocenters. The van der Waals surface area contributed by atoms with Crippen molar-refractivity contribution in [3.05, 3.63) is 41.0 Å². The van der Waals surface area contributed by atoms with Crippen molar-refractivity contribution < 1.29 is 5.11 Å². The number of aliphatic hydroxyl groups is 1. The number of terminal acetylenes is 1. The van der Waals surface area contributed by atoms with Gasteiger partial charge in [-0.15, -0.1) is 17.8 Å². The van der Waals surface area contributed by atoms with Gasteiger partial charge < -0.3 is 10.4 Å². The molecule has 2 fully saturated rings. The van der Waals surface area contributed by atoms with Gasteiger partial charge in [0.15, 0.2) is 5.13 Å². The quantitative estimate of drug-likeness (QED) is 0.571. The number of allylic oxidation sites excluding steroid dienone is 2. The Morgan fingerprint density at radius 1 is 1.19 bits per heavy atom. The molecule has 0 bridgehead atoms. The minimum Gasteiger partial charge on any atom is -0.377 e. The van der Waals surface area contributed by atoms with E-state index in [9.17, 15) is 5.11 Å². The van der Waals surface area contributed by atoms with Gasteiger partial charge in [0.2, 0.25) is 0 Å². The van der Waals surface area contributed by atoms with Crippen molar-refractivity contribution in [2.45, 2.75) is 64.4 Å². The van der Waals surface area contributed by atoms with E-state index in [1.54, 1.807) is 17.5 Å². The molecule has 166 valence electrons. The van der Waals surface area contributed by atoms with Gasteiger partial charge in [-0.3, -0.25) is 0 Å². The van der Waals surface area contributed by atoms with Gasteiger partial charge >= 0.3 is 0 Å². The Balaban J connectivity index is 1.34. The van der Waals surface area contributed by atoms with Crippen LogP contribution in [0.4, 0.5) is 10.9 Å². The number of rotatable bonds is 2. The second-order valence-corrected chi connectivity index (χ2v) is 11.9. The molecule has 4 aliphatic carbocycles. The van der Waals surface area contributed by atoms with Crippen molar-refractivity contribution in [3.63, 3.8) is 0 Å². The van der Waals surface area contributed by atoms with Gasteiger partial charge in [0.25, 0.3) is 0 Å². The van der Waals surface area contributed by atoms with Gasteiger partial charge in [0, 0.05) is 16.5 Å². The van der Waals surface area contributed by atoms with E-state index in [2.05, 4.69) is 36.1 Å². The molecule has 2 heterocycles. The molecule has 0 aromatic carbocycles. The molecule has 0 radical (unpaired) electrons. The third-order valence-corrected chi connectivity index (χ3v) is 10.6. The van der Waals surface area contributed by atoms with Crippen molar-refractivity contribution in [2.75, 3.05) is 5.32 Å². The molecule has 2 aromatic rings. The summed E-state index contributed by atoms with van der Waals surface area (Å²) < 4.78 is 0. The number of aryl methyl sites for hydroxylation is 1. The molecular weight excluding hydrogens is 414 g/mol. The summed E-state index contributed by atoms with van der Waals surface area (Å²) in [7, 11) is 0. The van der Waals surface area contributed by atoms with E-state index in [0.29, 0.717) is 17.8 Å². The molecule has 0 amide bonds. The summed E-state index contributed by atoms with van der Waals surface area (Å²) in [4.78, 5) is 10.9. The number of fused-ring (bicyclic) bond motifs is 7. The second kappa shape index (κ2) is 6.92. The smallest absolute Gasteiger partial charge is 0.189 e. The number of thiazole rings is 1. The highest BCUT2D eigenvalue weighted by Crippen LogP contribution is 2.67. The number of nitrogens with zero attached hydrogens (tertiary/aromatic N) is 2. The normalized spacial score (nSPS) is 39.7. The third kappa shape index (κ3) is 2.66. The average Bonchev–Trinajstić information content (AvgIpc) is 3.32. The van der Waals surface area contributed by atoms with Gasteiger partial charge in [-0.1, -0.05) is 31.9 Å². The first-order valence-corrected chi connectivity index (χ1v) is 12.8. The van der Waals surface area contributed by atoms with Crippen LogP contribution in [0.15, 0.2) is 30.5 Å². The first-order chi connectivity index (χ1) is 15.4. The molecule has 2 N–H and O–H groups in total.